The number of ketones is 1. The minimum atomic E-state index is 0.195. The van der Waals surface area contributed by atoms with Gasteiger partial charge in [0.2, 0.25) is 0 Å². The Hall–Kier alpha value is -0.710. The van der Waals surface area contributed by atoms with Gasteiger partial charge in [-0.3, -0.25) is 14.6 Å². The first kappa shape index (κ1) is 15.7. The number of likely N-dealkylation sites (N-methyl/N-ethyl adjacent to an activating group) is 2. The van der Waals surface area contributed by atoms with Gasteiger partial charge in [-0.2, -0.15) is 0 Å². The smallest absolute Gasteiger partial charge is 0.176 e. The summed E-state index contributed by atoms with van der Waals surface area (Å²) in [4.78, 5) is 16.9. The highest BCUT2D eigenvalue weighted by molar-refractivity contribution is 9.10. The van der Waals surface area contributed by atoms with E-state index in [2.05, 4.69) is 32.7 Å². The van der Waals surface area contributed by atoms with Crippen molar-refractivity contribution >= 4 is 21.7 Å². The molecule has 1 heterocycles. The molecule has 1 aliphatic heterocycles. The summed E-state index contributed by atoms with van der Waals surface area (Å²) in [7, 11) is 2.04. The number of likely N-dealkylation sites (tertiary alicyclic amines) is 1. The zero-order valence-corrected chi connectivity index (χ0v) is 13.9. The molecule has 4 heteroatoms. The largest absolute Gasteiger partial charge is 0.299 e. The summed E-state index contributed by atoms with van der Waals surface area (Å²) >= 11 is 3.39. The number of benzene rings is 1. The van der Waals surface area contributed by atoms with Crippen molar-refractivity contribution in [2.45, 2.75) is 25.8 Å². The van der Waals surface area contributed by atoms with Gasteiger partial charge in [0.25, 0.3) is 0 Å². The molecule has 1 saturated heterocycles. The molecule has 1 aromatic carbocycles. The molecule has 0 bridgehead atoms. The maximum Gasteiger partial charge on any atom is 0.176 e. The summed E-state index contributed by atoms with van der Waals surface area (Å²) in [6.45, 7) is 6.01. The van der Waals surface area contributed by atoms with E-state index in [9.17, 15) is 4.79 Å². The summed E-state index contributed by atoms with van der Waals surface area (Å²) in [6, 6.07) is 8.22. The number of carbonyl (C=O) groups is 1. The highest BCUT2D eigenvalue weighted by Gasteiger charge is 2.24. The Balaban J connectivity index is 1.86. The molecule has 0 aliphatic carbocycles. The second-order valence-electron chi connectivity index (χ2n) is 5.55. The lowest BCUT2D eigenvalue weighted by molar-refractivity contribution is 0.0929. The van der Waals surface area contributed by atoms with E-state index in [1.165, 1.54) is 19.4 Å². The molecule has 2 rings (SSSR count). The average molecular weight is 339 g/mol. The third-order valence-corrected chi connectivity index (χ3v) is 4.54. The van der Waals surface area contributed by atoms with Gasteiger partial charge in [-0.05, 0) is 45.1 Å². The average Bonchev–Trinajstić information content (AvgIpc) is 2.86. The van der Waals surface area contributed by atoms with E-state index < -0.39 is 0 Å². The van der Waals surface area contributed by atoms with Crippen molar-refractivity contribution in [2.24, 2.45) is 0 Å². The molecule has 0 radical (unpaired) electrons. The summed E-state index contributed by atoms with van der Waals surface area (Å²) in [5.74, 6) is 0.195. The zero-order chi connectivity index (χ0) is 14.5. The minimum absolute atomic E-state index is 0.195. The van der Waals surface area contributed by atoms with Crippen LogP contribution in [0, 0.1) is 0 Å². The maximum absolute atomic E-state index is 12.2. The van der Waals surface area contributed by atoms with E-state index >= 15 is 0 Å². The van der Waals surface area contributed by atoms with Gasteiger partial charge in [-0.1, -0.05) is 35.0 Å². The Labute approximate surface area is 130 Å². The molecule has 1 atom stereocenters. The van der Waals surface area contributed by atoms with Crippen LogP contribution in [0.3, 0.4) is 0 Å². The molecule has 0 amide bonds. The first-order valence-electron chi connectivity index (χ1n) is 7.31. The number of halogens is 1. The lowest BCUT2D eigenvalue weighted by atomic mass is 10.1. The topological polar surface area (TPSA) is 23.6 Å². The third-order valence-electron chi connectivity index (χ3n) is 4.01. The predicted octanol–water partition coefficient (Wildman–Crippen LogP) is 3.05. The van der Waals surface area contributed by atoms with Gasteiger partial charge in [0, 0.05) is 22.6 Å². The van der Waals surface area contributed by atoms with Gasteiger partial charge >= 0.3 is 0 Å². The van der Waals surface area contributed by atoms with Crippen molar-refractivity contribution in [1.29, 1.82) is 0 Å². The Morgan fingerprint density at radius 2 is 2.10 bits per heavy atom. The minimum Gasteiger partial charge on any atom is -0.299 e. The highest BCUT2D eigenvalue weighted by Crippen LogP contribution is 2.17. The van der Waals surface area contributed by atoms with Gasteiger partial charge in [-0.25, -0.2) is 0 Å². The molecule has 1 aromatic rings. The predicted molar refractivity (Wildman–Crippen MR) is 86.2 cm³/mol. The second-order valence-corrected chi connectivity index (χ2v) is 6.47. The molecule has 0 spiro atoms. The van der Waals surface area contributed by atoms with E-state index in [1.54, 1.807) is 0 Å². The van der Waals surface area contributed by atoms with Gasteiger partial charge < -0.3 is 0 Å². The quantitative estimate of drug-likeness (QED) is 0.745. The van der Waals surface area contributed by atoms with E-state index in [0.29, 0.717) is 12.6 Å². The SMILES string of the molecule is CCN1CCCC1CN(C)CC(=O)c1ccc(Br)cc1. The molecule has 0 N–H and O–H groups in total. The lowest BCUT2D eigenvalue weighted by Crippen LogP contribution is -2.40. The molecular formula is C16H23BrN2O. The van der Waals surface area contributed by atoms with Crippen LogP contribution in [0.1, 0.15) is 30.1 Å². The summed E-state index contributed by atoms with van der Waals surface area (Å²) in [5.41, 5.74) is 0.791. The Morgan fingerprint density at radius 1 is 1.40 bits per heavy atom. The zero-order valence-electron chi connectivity index (χ0n) is 12.3. The maximum atomic E-state index is 12.2. The molecule has 110 valence electrons. The van der Waals surface area contributed by atoms with Crippen LogP contribution in [0.15, 0.2) is 28.7 Å². The molecule has 0 aromatic heterocycles. The summed E-state index contributed by atoms with van der Waals surface area (Å²) < 4.78 is 1.01. The van der Waals surface area contributed by atoms with Crippen LogP contribution < -0.4 is 0 Å². The first-order valence-corrected chi connectivity index (χ1v) is 8.10. The Kier molecular flexibility index (Phi) is 5.75. The molecule has 1 fully saturated rings. The number of rotatable bonds is 6. The van der Waals surface area contributed by atoms with Gasteiger partial charge in [0.1, 0.15) is 0 Å². The fourth-order valence-electron chi connectivity index (χ4n) is 2.91. The van der Waals surface area contributed by atoms with Crippen LogP contribution in [-0.2, 0) is 0 Å². The number of nitrogens with zero attached hydrogens (tertiary/aromatic N) is 2. The molecule has 3 nitrogen and oxygen atoms in total. The summed E-state index contributed by atoms with van der Waals surface area (Å²) in [5, 5.41) is 0. The normalized spacial score (nSPS) is 19.7. The number of hydrogen-bond donors (Lipinski definition) is 0. The third kappa shape index (κ3) is 4.14. The van der Waals surface area contributed by atoms with Crippen molar-refractivity contribution < 1.29 is 4.79 Å². The van der Waals surface area contributed by atoms with Crippen molar-refractivity contribution in [3.8, 4) is 0 Å². The fourth-order valence-corrected chi connectivity index (χ4v) is 3.18. The standard InChI is InChI=1S/C16H23BrN2O/c1-3-19-10-4-5-15(19)11-18(2)12-16(20)13-6-8-14(17)9-7-13/h6-9,15H,3-5,10-12H2,1-2H3. The molecule has 0 saturated carbocycles. The molecule has 20 heavy (non-hydrogen) atoms. The monoisotopic (exact) mass is 338 g/mol. The second kappa shape index (κ2) is 7.34. The molecule has 1 aliphatic rings. The van der Waals surface area contributed by atoms with Crippen molar-refractivity contribution in [3.63, 3.8) is 0 Å². The van der Waals surface area contributed by atoms with E-state index in [-0.39, 0.29) is 5.78 Å². The van der Waals surface area contributed by atoms with Crippen LogP contribution in [0.4, 0.5) is 0 Å². The number of Topliss-reactive ketones (excluding diaryl/α,β-unsaturated/α-hetero) is 1. The Bertz CT molecular complexity index is 446. The van der Waals surface area contributed by atoms with Crippen LogP contribution in [0.2, 0.25) is 0 Å². The molecular weight excluding hydrogens is 316 g/mol. The highest BCUT2D eigenvalue weighted by atomic mass is 79.9. The fraction of sp³-hybridized carbons (Fsp3) is 0.562. The van der Waals surface area contributed by atoms with E-state index in [1.807, 2.05) is 31.3 Å². The summed E-state index contributed by atoms with van der Waals surface area (Å²) in [6.07, 6.45) is 2.54. The van der Waals surface area contributed by atoms with Crippen LogP contribution in [0.5, 0.6) is 0 Å². The van der Waals surface area contributed by atoms with Gasteiger partial charge in [-0.15, -0.1) is 0 Å². The van der Waals surface area contributed by atoms with E-state index in [4.69, 9.17) is 0 Å². The lowest BCUT2D eigenvalue weighted by Gasteiger charge is -2.27. The Morgan fingerprint density at radius 3 is 2.75 bits per heavy atom. The first-order chi connectivity index (χ1) is 9.60. The van der Waals surface area contributed by atoms with Crippen LogP contribution >= 0.6 is 15.9 Å². The van der Waals surface area contributed by atoms with Crippen molar-refractivity contribution in [1.82, 2.24) is 9.80 Å². The van der Waals surface area contributed by atoms with Crippen molar-refractivity contribution in [2.75, 3.05) is 33.2 Å². The number of carbonyl (C=O) groups excluding carboxylic acids is 1. The molecule has 1 unspecified atom stereocenters. The van der Waals surface area contributed by atoms with Gasteiger partial charge in [0.15, 0.2) is 5.78 Å². The van der Waals surface area contributed by atoms with Crippen LogP contribution in [0.25, 0.3) is 0 Å². The van der Waals surface area contributed by atoms with Gasteiger partial charge in [0.05, 0.1) is 6.54 Å². The van der Waals surface area contributed by atoms with Crippen molar-refractivity contribution in [3.05, 3.63) is 34.3 Å². The van der Waals surface area contributed by atoms with E-state index in [0.717, 1.165) is 23.1 Å². The number of hydrogen-bond acceptors (Lipinski definition) is 3. The van der Waals surface area contributed by atoms with Crippen LogP contribution in [-0.4, -0.2) is 54.9 Å².